The van der Waals surface area contributed by atoms with E-state index in [0.717, 1.165) is 42.9 Å². The zero-order valence-corrected chi connectivity index (χ0v) is 14.7. The third-order valence-electron chi connectivity index (χ3n) is 4.72. The van der Waals surface area contributed by atoms with Crippen LogP contribution in [0.1, 0.15) is 44.6 Å². The molecule has 6 nitrogen and oxygen atoms in total. The Labute approximate surface area is 148 Å². The van der Waals surface area contributed by atoms with Crippen molar-refractivity contribution in [2.45, 2.75) is 51.5 Å². The van der Waals surface area contributed by atoms with Crippen LogP contribution in [0, 0.1) is 0 Å². The minimum atomic E-state index is -0.219. The van der Waals surface area contributed by atoms with E-state index in [4.69, 9.17) is 14.2 Å². The highest BCUT2D eigenvalue weighted by atomic mass is 16.7. The highest BCUT2D eigenvalue weighted by Crippen LogP contribution is 2.33. The molecule has 1 atom stereocenters. The quantitative estimate of drug-likeness (QED) is 0.740. The van der Waals surface area contributed by atoms with Gasteiger partial charge >= 0.3 is 5.97 Å². The van der Waals surface area contributed by atoms with E-state index in [1.54, 1.807) is 6.92 Å². The normalized spacial score (nSPS) is 18.9. The number of esters is 1. The van der Waals surface area contributed by atoms with E-state index in [-0.39, 0.29) is 24.7 Å². The number of hydrogen-bond donors (Lipinski definition) is 0. The molecule has 1 fully saturated rings. The summed E-state index contributed by atoms with van der Waals surface area (Å²) in [7, 11) is 0. The van der Waals surface area contributed by atoms with Gasteiger partial charge < -0.3 is 19.1 Å². The molecule has 0 N–H and O–H groups in total. The summed E-state index contributed by atoms with van der Waals surface area (Å²) in [5.74, 6) is 1.37. The van der Waals surface area contributed by atoms with Crippen molar-refractivity contribution in [3.63, 3.8) is 0 Å². The maximum absolute atomic E-state index is 12.7. The number of ether oxygens (including phenoxy) is 3. The monoisotopic (exact) mass is 347 g/mol. The van der Waals surface area contributed by atoms with Crippen LogP contribution in [0.25, 0.3) is 0 Å². The second kappa shape index (κ2) is 8.23. The van der Waals surface area contributed by atoms with E-state index in [2.05, 4.69) is 0 Å². The topological polar surface area (TPSA) is 65.1 Å². The lowest BCUT2D eigenvalue weighted by atomic mass is 9.98. The van der Waals surface area contributed by atoms with E-state index in [0.29, 0.717) is 25.9 Å². The van der Waals surface area contributed by atoms with Gasteiger partial charge in [0, 0.05) is 19.0 Å². The second-order valence-electron chi connectivity index (χ2n) is 6.43. The molecule has 25 heavy (non-hydrogen) atoms. The first kappa shape index (κ1) is 17.6. The maximum atomic E-state index is 12.7. The van der Waals surface area contributed by atoms with Crippen LogP contribution < -0.4 is 9.47 Å². The summed E-state index contributed by atoms with van der Waals surface area (Å²) in [6, 6.07) is 5.75. The van der Waals surface area contributed by atoms with Crippen molar-refractivity contribution in [1.82, 2.24) is 4.90 Å². The molecule has 6 heteroatoms. The Morgan fingerprint density at radius 3 is 2.92 bits per heavy atom. The molecule has 2 aliphatic rings. The summed E-state index contributed by atoms with van der Waals surface area (Å²) in [6.45, 7) is 3.15. The first-order valence-electron chi connectivity index (χ1n) is 9.01. The van der Waals surface area contributed by atoms with Gasteiger partial charge in [0.25, 0.3) is 0 Å². The number of carbonyl (C=O) groups excluding carboxylic acids is 2. The summed E-state index contributed by atoms with van der Waals surface area (Å²) >= 11 is 0. The summed E-state index contributed by atoms with van der Waals surface area (Å²) in [5.41, 5.74) is 1.05. The molecule has 0 unspecified atom stereocenters. The van der Waals surface area contributed by atoms with Crippen LogP contribution in [-0.4, -0.2) is 42.8 Å². The smallest absolute Gasteiger partial charge is 0.307 e. The molecule has 0 aliphatic carbocycles. The van der Waals surface area contributed by atoms with Crippen molar-refractivity contribution < 1.29 is 23.8 Å². The van der Waals surface area contributed by atoms with E-state index in [1.807, 2.05) is 23.1 Å². The molecule has 0 aromatic heterocycles. The molecule has 1 aromatic rings. The molecule has 2 heterocycles. The molecule has 1 saturated heterocycles. The Bertz CT molecular complexity index is 630. The molecule has 1 aromatic carbocycles. The number of fused-ring (bicyclic) bond motifs is 1. The van der Waals surface area contributed by atoms with Gasteiger partial charge in [-0.1, -0.05) is 6.07 Å². The van der Waals surface area contributed by atoms with Crippen molar-refractivity contribution in [1.29, 1.82) is 0 Å². The third kappa shape index (κ3) is 4.44. The fraction of sp³-hybridized carbons (Fsp3) is 0.579. The van der Waals surface area contributed by atoms with Gasteiger partial charge in [0.2, 0.25) is 12.7 Å². The van der Waals surface area contributed by atoms with Gasteiger partial charge in [-0.3, -0.25) is 9.59 Å². The number of rotatable bonds is 6. The average molecular weight is 347 g/mol. The minimum Gasteiger partial charge on any atom is -0.466 e. The highest BCUT2D eigenvalue weighted by Gasteiger charge is 2.28. The second-order valence-corrected chi connectivity index (χ2v) is 6.43. The predicted molar refractivity (Wildman–Crippen MR) is 91.5 cm³/mol. The van der Waals surface area contributed by atoms with Crippen LogP contribution in [0.2, 0.25) is 0 Å². The molecule has 0 spiro atoms. The van der Waals surface area contributed by atoms with Gasteiger partial charge in [0.1, 0.15) is 0 Å². The van der Waals surface area contributed by atoms with Crippen molar-refractivity contribution in [3.05, 3.63) is 23.8 Å². The maximum Gasteiger partial charge on any atom is 0.307 e. The van der Waals surface area contributed by atoms with Crippen LogP contribution >= 0.6 is 0 Å². The highest BCUT2D eigenvalue weighted by molar-refractivity contribution is 5.78. The van der Waals surface area contributed by atoms with Crippen molar-refractivity contribution in [3.8, 4) is 11.5 Å². The largest absolute Gasteiger partial charge is 0.466 e. The average Bonchev–Trinajstić information content (AvgIpc) is 3.08. The Hall–Kier alpha value is -2.24. The molecule has 1 amide bonds. The van der Waals surface area contributed by atoms with Gasteiger partial charge in [-0.15, -0.1) is 0 Å². The predicted octanol–water partition coefficient (Wildman–Crippen LogP) is 2.68. The molecular weight excluding hydrogens is 322 g/mol. The number of carbonyl (C=O) groups is 2. The number of piperidine rings is 1. The SMILES string of the molecule is CCOC(=O)C[C@H]1CCCCN1C(=O)CCc1ccc2c(c1)OCO2. The number of likely N-dealkylation sites (tertiary alicyclic amines) is 1. The molecular formula is C19H25NO5. The first-order chi connectivity index (χ1) is 12.2. The lowest BCUT2D eigenvalue weighted by molar-refractivity contribution is -0.146. The van der Waals surface area contributed by atoms with Gasteiger partial charge in [0.05, 0.1) is 13.0 Å². The van der Waals surface area contributed by atoms with Crippen LogP contribution in [0.15, 0.2) is 18.2 Å². The van der Waals surface area contributed by atoms with Gasteiger partial charge in [-0.2, -0.15) is 0 Å². The van der Waals surface area contributed by atoms with E-state index < -0.39 is 0 Å². The Kier molecular flexibility index (Phi) is 5.79. The number of nitrogens with zero attached hydrogens (tertiary/aromatic N) is 1. The van der Waals surface area contributed by atoms with Crippen LogP contribution in [0.4, 0.5) is 0 Å². The molecule has 2 aliphatic heterocycles. The lowest BCUT2D eigenvalue weighted by Gasteiger charge is -2.35. The molecule has 0 saturated carbocycles. The zero-order chi connectivity index (χ0) is 17.6. The number of amides is 1. The summed E-state index contributed by atoms with van der Waals surface area (Å²) in [6.07, 6.45) is 4.29. The van der Waals surface area contributed by atoms with Crippen molar-refractivity contribution in [2.24, 2.45) is 0 Å². The first-order valence-corrected chi connectivity index (χ1v) is 9.01. The van der Waals surface area contributed by atoms with Crippen molar-refractivity contribution >= 4 is 11.9 Å². The zero-order valence-electron chi connectivity index (χ0n) is 14.7. The Balaban J connectivity index is 1.56. The summed E-state index contributed by atoms with van der Waals surface area (Å²) in [4.78, 5) is 26.3. The van der Waals surface area contributed by atoms with Crippen molar-refractivity contribution in [2.75, 3.05) is 19.9 Å². The summed E-state index contributed by atoms with van der Waals surface area (Å²) in [5, 5.41) is 0. The number of hydrogen-bond acceptors (Lipinski definition) is 5. The van der Waals surface area contributed by atoms with Gasteiger partial charge in [0.15, 0.2) is 11.5 Å². The molecule has 136 valence electrons. The fourth-order valence-electron chi connectivity index (χ4n) is 3.44. The molecule has 3 rings (SSSR count). The Morgan fingerprint density at radius 2 is 2.08 bits per heavy atom. The van der Waals surface area contributed by atoms with Crippen LogP contribution in [0.3, 0.4) is 0 Å². The fourth-order valence-corrected chi connectivity index (χ4v) is 3.44. The molecule has 0 radical (unpaired) electrons. The third-order valence-corrected chi connectivity index (χ3v) is 4.72. The van der Waals surface area contributed by atoms with Gasteiger partial charge in [-0.25, -0.2) is 0 Å². The van der Waals surface area contributed by atoms with E-state index in [9.17, 15) is 9.59 Å². The van der Waals surface area contributed by atoms with Gasteiger partial charge in [-0.05, 0) is 50.3 Å². The lowest BCUT2D eigenvalue weighted by Crippen LogP contribution is -2.45. The van der Waals surface area contributed by atoms with E-state index in [1.165, 1.54) is 0 Å². The minimum absolute atomic E-state index is 0.0305. The number of benzene rings is 1. The Morgan fingerprint density at radius 1 is 1.24 bits per heavy atom. The molecule has 0 bridgehead atoms. The van der Waals surface area contributed by atoms with Crippen LogP contribution in [0.5, 0.6) is 11.5 Å². The summed E-state index contributed by atoms with van der Waals surface area (Å²) < 4.78 is 15.7. The van der Waals surface area contributed by atoms with E-state index >= 15 is 0 Å². The number of aryl methyl sites for hydroxylation is 1. The standard InChI is InChI=1S/C19H25NO5/c1-2-23-19(22)12-15-5-3-4-10-20(15)18(21)9-7-14-6-8-16-17(11-14)25-13-24-16/h6,8,11,15H,2-5,7,9-10,12-13H2,1H3/t15-/m1/s1. The van der Waals surface area contributed by atoms with Crippen LogP contribution in [-0.2, 0) is 20.7 Å².